The van der Waals surface area contributed by atoms with Crippen molar-refractivity contribution in [3.05, 3.63) is 0 Å². The van der Waals surface area contributed by atoms with Crippen LogP contribution < -0.4 is 0 Å². The molecule has 0 aliphatic carbocycles. The van der Waals surface area contributed by atoms with Gasteiger partial charge in [-0.15, -0.1) is 0 Å². The number of hydrogen-bond donors (Lipinski definition) is 0. The summed E-state index contributed by atoms with van der Waals surface area (Å²) >= 11 is 2.45. The van der Waals surface area contributed by atoms with Gasteiger partial charge in [-0.05, 0) is 37.5 Å². The first-order valence-corrected chi connectivity index (χ1v) is 10.4. The van der Waals surface area contributed by atoms with Gasteiger partial charge in [-0.1, -0.05) is 22.6 Å². The number of rotatable bonds is 4. The standard InChI is InChI=1S/C7H14O4S.C6H11IO/c1-12(8,9)11-6-7-2-4-10-5-3-7;7-5-6-1-3-8-4-2-6/h7H,2-6H2,1H3;6H,1-5H2. The fourth-order valence-electron chi connectivity index (χ4n) is 2.03. The molecule has 0 unspecified atom stereocenters. The summed E-state index contributed by atoms with van der Waals surface area (Å²) in [6.45, 7) is 3.74. The van der Waals surface area contributed by atoms with Gasteiger partial charge in [-0.3, -0.25) is 4.18 Å². The molecule has 0 aromatic rings. The van der Waals surface area contributed by atoms with Crippen LogP contribution in [0.25, 0.3) is 0 Å². The van der Waals surface area contributed by atoms with Gasteiger partial charge in [0.25, 0.3) is 10.1 Å². The van der Waals surface area contributed by atoms with E-state index in [4.69, 9.17) is 9.47 Å². The average molecular weight is 420 g/mol. The maximum atomic E-state index is 10.6. The summed E-state index contributed by atoms with van der Waals surface area (Å²) in [4.78, 5) is 0. The first-order valence-electron chi connectivity index (χ1n) is 7.07. The highest BCUT2D eigenvalue weighted by Gasteiger charge is 2.15. The molecule has 0 amide bonds. The molecule has 0 bridgehead atoms. The first-order chi connectivity index (χ1) is 9.51. The molecule has 120 valence electrons. The quantitative estimate of drug-likeness (QED) is 0.397. The molecule has 20 heavy (non-hydrogen) atoms. The molecule has 2 heterocycles. The van der Waals surface area contributed by atoms with E-state index in [2.05, 4.69) is 26.8 Å². The lowest BCUT2D eigenvalue weighted by Crippen LogP contribution is -2.21. The third-order valence-corrected chi connectivity index (χ3v) is 5.23. The highest BCUT2D eigenvalue weighted by atomic mass is 127. The van der Waals surface area contributed by atoms with Crippen molar-refractivity contribution in [2.45, 2.75) is 25.7 Å². The summed E-state index contributed by atoms with van der Waals surface area (Å²) in [6.07, 6.45) is 5.43. The lowest BCUT2D eigenvalue weighted by molar-refractivity contribution is 0.0508. The molecule has 0 spiro atoms. The van der Waals surface area contributed by atoms with Crippen LogP contribution in [0.1, 0.15) is 25.7 Å². The van der Waals surface area contributed by atoms with Crippen LogP contribution in [0.2, 0.25) is 0 Å². The van der Waals surface area contributed by atoms with Gasteiger partial charge < -0.3 is 9.47 Å². The van der Waals surface area contributed by atoms with Gasteiger partial charge in [-0.2, -0.15) is 8.42 Å². The van der Waals surface area contributed by atoms with Crippen LogP contribution in [-0.4, -0.2) is 52.1 Å². The van der Waals surface area contributed by atoms with Gasteiger partial charge in [0.1, 0.15) is 0 Å². The van der Waals surface area contributed by atoms with E-state index in [1.807, 2.05) is 0 Å². The summed E-state index contributed by atoms with van der Waals surface area (Å²) in [7, 11) is -3.26. The van der Waals surface area contributed by atoms with Crippen LogP contribution >= 0.6 is 22.6 Å². The normalized spacial score (nSPS) is 22.1. The molecule has 0 atom stereocenters. The number of hydrogen-bond acceptors (Lipinski definition) is 5. The monoisotopic (exact) mass is 420 g/mol. The van der Waals surface area contributed by atoms with Crippen LogP contribution in [0, 0.1) is 11.8 Å². The number of ether oxygens (including phenoxy) is 2. The van der Waals surface area contributed by atoms with E-state index < -0.39 is 10.1 Å². The maximum absolute atomic E-state index is 10.6. The van der Waals surface area contributed by atoms with Gasteiger partial charge in [0.2, 0.25) is 0 Å². The predicted molar refractivity (Wildman–Crippen MR) is 86.8 cm³/mol. The number of alkyl halides is 1. The summed E-state index contributed by atoms with van der Waals surface area (Å²) in [5.41, 5.74) is 0. The molecule has 2 aliphatic heterocycles. The van der Waals surface area contributed by atoms with E-state index in [9.17, 15) is 8.42 Å². The Kier molecular flexibility index (Phi) is 9.60. The van der Waals surface area contributed by atoms with Gasteiger partial charge in [0, 0.05) is 30.9 Å². The summed E-state index contributed by atoms with van der Waals surface area (Å²) in [5.74, 6) is 1.29. The van der Waals surface area contributed by atoms with Crippen molar-refractivity contribution in [1.82, 2.24) is 0 Å². The molecule has 7 heteroatoms. The maximum Gasteiger partial charge on any atom is 0.264 e. The van der Waals surface area contributed by atoms with Crippen molar-refractivity contribution in [3.63, 3.8) is 0 Å². The van der Waals surface area contributed by atoms with Crippen LogP contribution in [0.3, 0.4) is 0 Å². The van der Waals surface area contributed by atoms with E-state index in [1.54, 1.807) is 0 Å². The molecule has 0 saturated carbocycles. The fourth-order valence-corrected chi connectivity index (χ4v) is 3.35. The fraction of sp³-hybridized carbons (Fsp3) is 1.00. The smallest absolute Gasteiger partial charge is 0.264 e. The molecule has 0 radical (unpaired) electrons. The van der Waals surface area contributed by atoms with Gasteiger partial charge in [-0.25, -0.2) is 0 Å². The molecule has 2 fully saturated rings. The third-order valence-electron chi connectivity index (χ3n) is 3.42. The van der Waals surface area contributed by atoms with E-state index in [0.29, 0.717) is 12.5 Å². The van der Waals surface area contributed by atoms with Crippen molar-refractivity contribution in [1.29, 1.82) is 0 Å². The molecular weight excluding hydrogens is 395 g/mol. The zero-order valence-corrected chi connectivity index (χ0v) is 15.0. The molecule has 2 rings (SSSR count). The summed E-state index contributed by atoms with van der Waals surface area (Å²) < 4.78 is 37.6. The number of halogens is 1. The largest absolute Gasteiger partial charge is 0.381 e. The van der Waals surface area contributed by atoms with E-state index in [-0.39, 0.29) is 0 Å². The Morgan fingerprint density at radius 2 is 1.45 bits per heavy atom. The van der Waals surface area contributed by atoms with Crippen LogP contribution in [0.15, 0.2) is 0 Å². The zero-order valence-electron chi connectivity index (χ0n) is 12.1. The minimum Gasteiger partial charge on any atom is -0.381 e. The topological polar surface area (TPSA) is 61.8 Å². The third kappa shape index (κ3) is 9.49. The Labute approximate surface area is 136 Å². The lowest BCUT2D eigenvalue weighted by atomic mass is 10.0. The van der Waals surface area contributed by atoms with Gasteiger partial charge >= 0.3 is 0 Å². The first kappa shape index (κ1) is 18.6. The molecule has 2 saturated heterocycles. The predicted octanol–water partition coefficient (Wildman–Crippen LogP) is 2.24. The minimum atomic E-state index is -3.26. The van der Waals surface area contributed by atoms with Crippen LogP contribution in [0.4, 0.5) is 0 Å². The molecule has 5 nitrogen and oxygen atoms in total. The summed E-state index contributed by atoms with van der Waals surface area (Å²) in [5, 5.41) is 0. The van der Waals surface area contributed by atoms with Crippen molar-refractivity contribution < 1.29 is 22.1 Å². The van der Waals surface area contributed by atoms with Crippen molar-refractivity contribution in [2.24, 2.45) is 11.8 Å². The SMILES string of the molecule is CS(=O)(=O)OCC1CCOCC1.ICC1CCOCC1. The second-order valence-corrected chi connectivity index (χ2v) is 7.78. The molecular formula is C13H25IO5S. The Morgan fingerprint density at radius 3 is 1.80 bits per heavy atom. The molecule has 0 aromatic carbocycles. The second-order valence-electron chi connectivity index (χ2n) is 5.25. The average Bonchev–Trinajstić information content (AvgIpc) is 2.47. The van der Waals surface area contributed by atoms with Crippen molar-refractivity contribution in [2.75, 3.05) is 43.7 Å². The molecule has 0 N–H and O–H groups in total. The Bertz CT molecular complexity index is 335. The Morgan fingerprint density at radius 1 is 1.00 bits per heavy atom. The van der Waals surface area contributed by atoms with Crippen LogP contribution in [0.5, 0.6) is 0 Å². The lowest BCUT2D eigenvalue weighted by Gasteiger charge is -2.20. The van der Waals surface area contributed by atoms with E-state index >= 15 is 0 Å². The summed E-state index contributed by atoms with van der Waals surface area (Å²) in [6, 6.07) is 0. The molecule has 0 aromatic heterocycles. The Balaban J connectivity index is 0.000000217. The molecule has 2 aliphatic rings. The highest BCUT2D eigenvalue weighted by Crippen LogP contribution is 2.16. The Hall–Kier alpha value is 0.560. The highest BCUT2D eigenvalue weighted by molar-refractivity contribution is 14.1. The van der Waals surface area contributed by atoms with Crippen LogP contribution in [-0.2, 0) is 23.8 Å². The zero-order chi connectivity index (χ0) is 14.8. The minimum absolute atomic E-state index is 0.308. The van der Waals surface area contributed by atoms with Crippen molar-refractivity contribution >= 4 is 32.7 Å². The van der Waals surface area contributed by atoms with Gasteiger partial charge in [0.15, 0.2) is 0 Å². The second kappa shape index (κ2) is 10.3. The van der Waals surface area contributed by atoms with Crippen molar-refractivity contribution in [3.8, 4) is 0 Å². The van der Waals surface area contributed by atoms with E-state index in [1.165, 1.54) is 17.3 Å². The van der Waals surface area contributed by atoms with E-state index in [0.717, 1.165) is 51.4 Å². The van der Waals surface area contributed by atoms with Gasteiger partial charge in [0.05, 0.1) is 12.9 Å².